The van der Waals surface area contributed by atoms with Gasteiger partial charge in [-0.1, -0.05) is 32.0 Å². The molecule has 0 unspecified atom stereocenters. The van der Waals surface area contributed by atoms with E-state index in [2.05, 4.69) is 71.0 Å². The first-order valence-corrected chi connectivity index (χ1v) is 9.50. The number of para-hydroxylation sites is 1. The van der Waals surface area contributed by atoms with Crippen LogP contribution in [0.2, 0.25) is 0 Å². The van der Waals surface area contributed by atoms with Crippen molar-refractivity contribution < 1.29 is 0 Å². The van der Waals surface area contributed by atoms with Crippen LogP contribution in [0.5, 0.6) is 0 Å². The number of pyridine rings is 1. The highest BCUT2D eigenvalue weighted by atomic mass is 15.1. The van der Waals surface area contributed by atoms with Crippen LogP contribution in [0.15, 0.2) is 36.5 Å². The third-order valence-electron chi connectivity index (χ3n) is 5.16. The van der Waals surface area contributed by atoms with E-state index in [9.17, 15) is 0 Å². The summed E-state index contributed by atoms with van der Waals surface area (Å²) in [5, 5.41) is 6.19. The molecule has 1 N–H and O–H groups in total. The Kier molecular flexibility index (Phi) is 6.05. The van der Waals surface area contributed by atoms with Gasteiger partial charge in [0.1, 0.15) is 0 Å². The van der Waals surface area contributed by atoms with Crippen LogP contribution in [-0.2, 0) is 13.6 Å². The molecule has 1 aromatic carbocycles. The van der Waals surface area contributed by atoms with Crippen molar-refractivity contribution in [2.24, 2.45) is 7.05 Å². The average Bonchev–Trinajstić information content (AvgIpc) is 2.95. The van der Waals surface area contributed by atoms with Crippen molar-refractivity contribution >= 4 is 21.8 Å². The van der Waals surface area contributed by atoms with Crippen LogP contribution in [0.25, 0.3) is 21.8 Å². The van der Waals surface area contributed by atoms with E-state index in [0.717, 1.165) is 31.9 Å². The summed E-state index contributed by atoms with van der Waals surface area (Å²) >= 11 is 0. The highest BCUT2D eigenvalue weighted by Gasteiger charge is 2.11. The van der Waals surface area contributed by atoms with Crippen LogP contribution in [0.1, 0.15) is 32.4 Å². The minimum Gasteiger partial charge on any atom is -0.342 e. The molecule has 0 saturated carbocycles. The molecule has 2 aromatic heterocycles. The largest absolute Gasteiger partial charge is 0.342 e. The lowest BCUT2D eigenvalue weighted by Gasteiger charge is -2.17. The van der Waals surface area contributed by atoms with Crippen LogP contribution in [0, 0.1) is 0 Å². The summed E-state index contributed by atoms with van der Waals surface area (Å²) in [6.07, 6.45) is 4.40. The van der Waals surface area contributed by atoms with Gasteiger partial charge in [-0.2, -0.15) is 0 Å². The fourth-order valence-electron chi connectivity index (χ4n) is 3.66. The van der Waals surface area contributed by atoms with E-state index in [1.807, 2.05) is 6.20 Å². The van der Waals surface area contributed by atoms with Gasteiger partial charge < -0.3 is 14.8 Å². The molecule has 3 aromatic rings. The first kappa shape index (κ1) is 17.9. The quantitative estimate of drug-likeness (QED) is 0.600. The molecule has 2 heterocycles. The average molecular weight is 338 g/mol. The fraction of sp³-hybridized carbons (Fsp3) is 0.476. The molecule has 134 valence electrons. The number of hydrogen-bond acceptors (Lipinski definition) is 3. The molecule has 3 rings (SSSR count). The molecule has 0 amide bonds. The maximum Gasteiger partial charge on any atom is 0.0784 e. The van der Waals surface area contributed by atoms with Gasteiger partial charge in [0.15, 0.2) is 0 Å². The van der Waals surface area contributed by atoms with Gasteiger partial charge >= 0.3 is 0 Å². The van der Waals surface area contributed by atoms with Gasteiger partial charge in [0, 0.05) is 36.1 Å². The molecule has 0 spiro atoms. The highest BCUT2D eigenvalue weighted by Crippen LogP contribution is 2.29. The number of fused-ring (bicyclic) bond motifs is 3. The van der Waals surface area contributed by atoms with Gasteiger partial charge in [-0.05, 0) is 51.2 Å². The van der Waals surface area contributed by atoms with Crippen molar-refractivity contribution in [3.63, 3.8) is 0 Å². The number of aryl methyl sites for hydroxylation is 1. The lowest BCUT2D eigenvalue weighted by atomic mass is 10.1. The van der Waals surface area contributed by atoms with Gasteiger partial charge in [0.2, 0.25) is 0 Å². The summed E-state index contributed by atoms with van der Waals surface area (Å²) in [5.74, 6) is 0. The molecule has 0 aliphatic rings. The summed E-state index contributed by atoms with van der Waals surface area (Å²) in [6.45, 7) is 9.84. The fourth-order valence-corrected chi connectivity index (χ4v) is 3.66. The Bertz CT molecular complexity index is 817. The maximum absolute atomic E-state index is 4.64. The zero-order chi connectivity index (χ0) is 17.6. The predicted molar refractivity (Wildman–Crippen MR) is 107 cm³/mol. The number of hydrogen-bond donors (Lipinski definition) is 1. The second kappa shape index (κ2) is 8.45. The molecular formula is C21H30N4. The van der Waals surface area contributed by atoms with Crippen LogP contribution >= 0.6 is 0 Å². The summed E-state index contributed by atoms with van der Waals surface area (Å²) in [6, 6.07) is 10.7. The predicted octanol–water partition coefficient (Wildman–Crippen LogP) is 3.94. The number of aromatic nitrogens is 2. The molecule has 0 atom stereocenters. The number of unbranched alkanes of at least 4 members (excludes halogenated alkanes) is 1. The second-order valence-corrected chi connectivity index (χ2v) is 6.64. The van der Waals surface area contributed by atoms with Crippen LogP contribution in [0.4, 0.5) is 0 Å². The summed E-state index contributed by atoms with van der Waals surface area (Å²) in [4.78, 5) is 7.13. The Labute approximate surface area is 150 Å². The lowest BCUT2D eigenvalue weighted by Crippen LogP contribution is -2.25. The number of rotatable bonds is 9. The van der Waals surface area contributed by atoms with Crippen molar-refractivity contribution in [1.29, 1.82) is 0 Å². The van der Waals surface area contributed by atoms with Crippen LogP contribution in [-0.4, -0.2) is 40.6 Å². The van der Waals surface area contributed by atoms with Crippen LogP contribution in [0.3, 0.4) is 0 Å². The molecule has 0 bridgehead atoms. The Morgan fingerprint density at radius 3 is 2.64 bits per heavy atom. The lowest BCUT2D eigenvalue weighted by molar-refractivity contribution is 0.296. The van der Waals surface area contributed by atoms with Crippen molar-refractivity contribution in [3.05, 3.63) is 42.2 Å². The van der Waals surface area contributed by atoms with E-state index >= 15 is 0 Å². The Morgan fingerprint density at radius 1 is 1.04 bits per heavy atom. The standard InChI is InChI=1S/C21H30N4/c1-4-25(5-2)15-9-8-13-22-16-19-21-18(12-14-23-19)17-10-6-7-11-20(17)24(21)3/h6-7,10-12,14,22H,4-5,8-9,13,15-16H2,1-3H3. The molecule has 4 heteroatoms. The monoisotopic (exact) mass is 338 g/mol. The minimum absolute atomic E-state index is 0.826. The van der Waals surface area contributed by atoms with Crippen molar-refractivity contribution in [2.75, 3.05) is 26.2 Å². The highest BCUT2D eigenvalue weighted by molar-refractivity contribution is 6.08. The first-order valence-electron chi connectivity index (χ1n) is 9.50. The molecule has 0 aliphatic carbocycles. The van der Waals surface area contributed by atoms with E-state index in [4.69, 9.17) is 0 Å². The number of benzene rings is 1. The molecule has 0 saturated heterocycles. The minimum atomic E-state index is 0.826. The number of nitrogens with zero attached hydrogens (tertiary/aromatic N) is 3. The van der Waals surface area contributed by atoms with E-state index in [1.165, 1.54) is 41.2 Å². The van der Waals surface area contributed by atoms with E-state index in [-0.39, 0.29) is 0 Å². The van der Waals surface area contributed by atoms with E-state index in [0.29, 0.717) is 0 Å². The zero-order valence-electron chi connectivity index (χ0n) is 15.8. The smallest absolute Gasteiger partial charge is 0.0784 e. The van der Waals surface area contributed by atoms with Crippen LogP contribution < -0.4 is 5.32 Å². The van der Waals surface area contributed by atoms with Gasteiger partial charge in [-0.25, -0.2) is 0 Å². The van der Waals surface area contributed by atoms with Crippen molar-refractivity contribution in [1.82, 2.24) is 19.8 Å². The summed E-state index contributed by atoms with van der Waals surface area (Å²) in [7, 11) is 2.14. The van der Waals surface area contributed by atoms with Gasteiger partial charge in [-0.15, -0.1) is 0 Å². The zero-order valence-corrected chi connectivity index (χ0v) is 15.8. The van der Waals surface area contributed by atoms with E-state index < -0.39 is 0 Å². The first-order chi connectivity index (χ1) is 12.3. The van der Waals surface area contributed by atoms with Crippen molar-refractivity contribution in [3.8, 4) is 0 Å². The topological polar surface area (TPSA) is 33.1 Å². The van der Waals surface area contributed by atoms with Gasteiger partial charge in [0.05, 0.1) is 11.2 Å². The Hall–Kier alpha value is -1.91. The Morgan fingerprint density at radius 2 is 1.84 bits per heavy atom. The normalized spacial score (nSPS) is 11.8. The molecule has 0 aliphatic heterocycles. The van der Waals surface area contributed by atoms with Crippen molar-refractivity contribution in [2.45, 2.75) is 33.2 Å². The third-order valence-corrected chi connectivity index (χ3v) is 5.16. The maximum atomic E-state index is 4.64. The molecular weight excluding hydrogens is 308 g/mol. The molecule has 25 heavy (non-hydrogen) atoms. The van der Waals surface area contributed by atoms with E-state index in [1.54, 1.807) is 0 Å². The molecule has 0 radical (unpaired) electrons. The van der Waals surface area contributed by atoms with Gasteiger partial charge in [-0.3, -0.25) is 4.98 Å². The third kappa shape index (κ3) is 3.86. The summed E-state index contributed by atoms with van der Waals surface area (Å²) in [5.41, 5.74) is 3.66. The summed E-state index contributed by atoms with van der Waals surface area (Å²) < 4.78 is 2.27. The SMILES string of the molecule is CCN(CC)CCCCNCc1nccc2c3ccccc3n(C)c12. The molecule has 0 fully saturated rings. The Balaban J connectivity index is 1.63. The van der Waals surface area contributed by atoms with Gasteiger partial charge in [0.25, 0.3) is 0 Å². The second-order valence-electron chi connectivity index (χ2n) is 6.64. The number of nitrogens with one attached hydrogen (secondary N) is 1. The molecule has 4 nitrogen and oxygen atoms in total.